The molecule has 0 saturated carbocycles. The molecule has 2 aromatic carbocycles. The van der Waals surface area contributed by atoms with E-state index in [1.165, 1.54) is 10.5 Å². The predicted molar refractivity (Wildman–Crippen MR) is 92.7 cm³/mol. The summed E-state index contributed by atoms with van der Waals surface area (Å²) < 4.78 is 1.03. The first-order valence-corrected chi connectivity index (χ1v) is 8.30. The van der Waals surface area contributed by atoms with E-state index >= 15 is 0 Å². The number of hydrogen-bond donors (Lipinski definition) is 0. The number of halogens is 1. The molecule has 0 atom stereocenters. The minimum Gasteiger partial charge on any atom is -0.240 e. The Morgan fingerprint density at radius 3 is 2.19 bits per heavy atom. The lowest BCUT2D eigenvalue weighted by molar-refractivity contribution is 1.08. The number of nitrogens with zero attached hydrogens (tertiary/aromatic N) is 1. The highest BCUT2D eigenvalue weighted by atomic mass is 79.9. The molecule has 0 N–H and O–H groups in total. The van der Waals surface area contributed by atoms with Crippen molar-refractivity contribution in [1.29, 1.82) is 0 Å². The Balaban J connectivity index is 2.02. The van der Waals surface area contributed by atoms with Crippen LogP contribution in [0.1, 0.15) is 5.56 Å². The summed E-state index contributed by atoms with van der Waals surface area (Å²) >= 11 is 5.33. The molecule has 1 heterocycles. The molecule has 0 spiro atoms. The summed E-state index contributed by atoms with van der Waals surface area (Å²) in [6.45, 7) is 2.10. The van der Waals surface area contributed by atoms with Crippen LogP contribution in [0.3, 0.4) is 0 Å². The van der Waals surface area contributed by atoms with Crippen molar-refractivity contribution in [3.8, 4) is 11.3 Å². The molecule has 0 saturated heterocycles. The molecule has 3 heteroatoms. The first-order chi connectivity index (χ1) is 10.2. The summed E-state index contributed by atoms with van der Waals surface area (Å²) in [6, 6.07) is 22.7. The summed E-state index contributed by atoms with van der Waals surface area (Å²) in [5.74, 6) is 0. The van der Waals surface area contributed by atoms with Crippen LogP contribution in [0, 0.1) is 6.92 Å². The predicted octanol–water partition coefficient (Wildman–Crippen LogP) is 5.97. The van der Waals surface area contributed by atoms with E-state index in [1.807, 2.05) is 24.3 Å². The van der Waals surface area contributed by atoms with E-state index in [1.54, 1.807) is 11.8 Å². The molecule has 1 nitrogen and oxygen atoms in total. The molecule has 104 valence electrons. The third kappa shape index (κ3) is 3.36. The molecule has 3 rings (SSSR count). The topological polar surface area (TPSA) is 12.9 Å². The summed E-state index contributed by atoms with van der Waals surface area (Å²) in [7, 11) is 0. The first kappa shape index (κ1) is 14.4. The Kier molecular flexibility index (Phi) is 4.42. The summed E-state index contributed by atoms with van der Waals surface area (Å²) in [6.07, 6.45) is 0. The zero-order valence-corrected chi connectivity index (χ0v) is 14.0. The van der Waals surface area contributed by atoms with Crippen molar-refractivity contribution in [2.75, 3.05) is 0 Å². The number of hydrogen-bond acceptors (Lipinski definition) is 2. The van der Waals surface area contributed by atoms with Crippen molar-refractivity contribution in [2.45, 2.75) is 16.8 Å². The van der Waals surface area contributed by atoms with Gasteiger partial charge in [0.25, 0.3) is 0 Å². The maximum Gasteiger partial charge on any atom is 0.104 e. The minimum absolute atomic E-state index is 0.986. The Bertz CT molecular complexity index is 742. The summed E-state index contributed by atoms with van der Waals surface area (Å²) in [4.78, 5) is 6.06. The lowest BCUT2D eigenvalue weighted by Gasteiger charge is -2.10. The Labute approximate surface area is 137 Å². The molecule has 0 radical (unpaired) electrons. The SMILES string of the molecule is Cc1cc(Br)c(-c2ccccc2)nc1Sc1ccccc1. The summed E-state index contributed by atoms with van der Waals surface area (Å²) in [5.41, 5.74) is 3.29. The third-order valence-electron chi connectivity index (χ3n) is 3.13. The van der Waals surface area contributed by atoms with Gasteiger partial charge in [0.05, 0.1) is 5.69 Å². The van der Waals surface area contributed by atoms with Crippen molar-refractivity contribution in [3.63, 3.8) is 0 Å². The molecule has 0 aliphatic carbocycles. The van der Waals surface area contributed by atoms with Crippen molar-refractivity contribution in [3.05, 3.63) is 76.8 Å². The normalized spacial score (nSPS) is 10.6. The van der Waals surface area contributed by atoms with Gasteiger partial charge < -0.3 is 0 Å². The third-order valence-corrected chi connectivity index (χ3v) is 4.84. The molecule has 0 aliphatic heterocycles. The van der Waals surface area contributed by atoms with Crippen molar-refractivity contribution < 1.29 is 0 Å². The van der Waals surface area contributed by atoms with E-state index in [-0.39, 0.29) is 0 Å². The molecule has 0 unspecified atom stereocenters. The molecular weight excluding hydrogens is 342 g/mol. The fourth-order valence-electron chi connectivity index (χ4n) is 2.07. The largest absolute Gasteiger partial charge is 0.240 e. The molecule has 1 aromatic heterocycles. The Hall–Kier alpha value is -1.58. The van der Waals surface area contributed by atoms with E-state index in [4.69, 9.17) is 4.98 Å². The van der Waals surface area contributed by atoms with E-state index < -0.39 is 0 Å². The van der Waals surface area contributed by atoms with Crippen LogP contribution in [0.25, 0.3) is 11.3 Å². The minimum atomic E-state index is 0.986. The van der Waals surface area contributed by atoms with Gasteiger partial charge in [0.2, 0.25) is 0 Å². The molecule has 0 fully saturated rings. The zero-order chi connectivity index (χ0) is 14.7. The van der Waals surface area contributed by atoms with Gasteiger partial charge >= 0.3 is 0 Å². The second kappa shape index (κ2) is 6.46. The van der Waals surface area contributed by atoms with Crippen LogP contribution in [0.5, 0.6) is 0 Å². The van der Waals surface area contributed by atoms with Crippen molar-refractivity contribution >= 4 is 27.7 Å². The quantitative estimate of drug-likeness (QED) is 0.573. The monoisotopic (exact) mass is 355 g/mol. The molecule has 0 amide bonds. The van der Waals surface area contributed by atoms with Gasteiger partial charge in [-0.3, -0.25) is 0 Å². The number of pyridine rings is 1. The van der Waals surface area contributed by atoms with Crippen molar-refractivity contribution in [1.82, 2.24) is 4.98 Å². The molecule has 0 bridgehead atoms. The van der Waals surface area contributed by atoms with Gasteiger partial charge in [0.15, 0.2) is 0 Å². The number of aromatic nitrogens is 1. The highest BCUT2D eigenvalue weighted by Crippen LogP contribution is 2.34. The van der Waals surface area contributed by atoms with Gasteiger partial charge in [-0.15, -0.1) is 0 Å². The van der Waals surface area contributed by atoms with E-state index in [9.17, 15) is 0 Å². The number of rotatable bonds is 3. The van der Waals surface area contributed by atoms with Crippen LogP contribution in [0.4, 0.5) is 0 Å². The summed E-state index contributed by atoms with van der Waals surface area (Å²) in [5, 5.41) is 1.04. The fourth-order valence-corrected chi connectivity index (χ4v) is 3.60. The van der Waals surface area contributed by atoms with Gasteiger partial charge in [-0.05, 0) is 46.6 Å². The molecular formula is C18H14BrNS. The van der Waals surface area contributed by atoms with Crippen LogP contribution >= 0.6 is 27.7 Å². The number of benzene rings is 2. The van der Waals surface area contributed by atoms with Gasteiger partial charge in [0.1, 0.15) is 5.03 Å². The maximum atomic E-state index is 4.85. The zero-order valence-electron chi connectivity index (χ0n) is 11.6. The van der Waals surface area contributed by atoms with Crippen molar-refractivity contribution in [2.24, 2.45) is 0 Å². The van der Waals surface area contributed by atoms with Gasteiger partial charge in [-0.2, -0.15) is 0 Å². The lowest BCUT2D eigenvalue weighted by atomic mass is 10.1. The van der Waals surface area contributed by atoms with Crippen LogP contribution in [-0.4, -0.2) is 4.98 Å². The molecule has 0 aliphatic rings. The highest BCUT2D eigenvalue weighted by molar-refractivity contribution is 9.10. The van der Waals surface area contributed by atoms with E-state index in [0.717, 1.165) is 20.8 Å². The second-order valence-corrected chi connectivity index (χ2v) is 6.64. The maximum absolute atomic E-state index is 4.85. The lowest BCUT2D eigenvalue weighted by Crippen LogP contribution is -1.92. The molecule has 3 aromatic rings. The van der Waals surface area contributed by atoms with Gasteiger partial charge in [-0.1, -0.05) is 60.3 Å². The fraction of sp³-hybridized carbons (Fsp3) is 0.0556. The van der Waals surface area contributed by atoms with Gasteiger partial charge in [0, 0.05) is 14.9 Å². The van der Waals surface area contributed by atoms with Crippen LogP contribution in [0.15, 0.2) is 81.1 Å². The molecule has 21 heavy (non-hydrogen) atoms. The van der Waals surface area contributed by atoms with Gasteiger partial charge in [-0.25, -0.2) is 4.98 Å². The standard InChI is InChI=1S/C18H14BrNS/c1-13-12-16(19)17(14-8-4-2-5-9-14)20-18(13)21-15-10-6-3-7-11-15/h2-12H,1H3. The highest BCUT2D eigenvalue weighted by Gasteiger charge is 2.10. The Morgan fingerprint density at radius 2 is 1.52 bits per heavy atom. The number of aryl methyl sites for hydroxylation is 1. The Morgan fingerprint density at radius 1 is 0.905 bits per heavy atom. The van der Waals surface area contributed by atoms with E-state index in [2.05, 4.69) is 65.3 Å². The second-order valence-electron chi connectivity index (χ2n) is 4.72. The van der Waals surface area contributed by atoms with Crippen LogP contribution in [-0.2, 0) is 0 Å². The first-order valence-electron chi connectivity index (χ1n) is 6.69. The smallest absolute Gasteiger partial charge is 0.104 e. The average molecular weight is 356 g/mol. The average Bonchev–Trinajstić information content (AvgIpc) is 2.52. The van der Waals surface area contributed by atoms with Crippen LogP contribution < -0.4 is 0 Å². The van der Waals surface area contributed by atoms with E-state index in [0.29, 0.717) is 0 Å². The van der Waals surface area contributed by atoms with Crippen LogP contribution in [0.2, 0.25) is 0 Å².